The monoisotopic (exact) mass is 285 g/mol. The summed E-state index contributed by atoms with van der Waals surface area (Å²) in [5.74, 6) is 2.98. The number of phenolic OH excluding ortho intramolecular Hbond substituents is 1. The third-order valence-corrected chi connectivity index (χ3v) is 6.17. The normalized spacial score (nSPS) is 38.0. The molecule has 4 bridgehead atoms. The standard InChI is InChI=1S/C18H23NO2/c1-11(19-21)15-2-3-17(20)16(7-15)18-8-12-4-13(9-18)6-14(5-12)10-18/h2-3,7,12-14,20-21H,4-6,8-10H2,1H3/b19-11+. The van der Waals surface area contributed by atoms with Crippen LogP contribution in [0.3, 0.4) is 0 Å². The van der Waals surface area contributed by atoms with Gasteiger partial charge in [-0.1, -0.05) is 5.16 Å². The van der Waals surface area contributed by atoms with Crippen LogP contribution in [0.1, 0.15) is 56.6 Å². The van der Waals surface area contributed by atoms with E-state index in [0.29, 0.717) is 11.5 Å². The van der Waals surface area contributed by atoms with E-state index in [2.05, 4.69) is 11.2 Å². The second kappa shape index (κ2) is 4.49. The average Bonchev–Trinajstić information content (AvgIpc) is 2.45. The molecule has 0 aromatic heterocycles. The molecule has 2 N–H and O–H groups in total. The lowest BCUT2D eigenvalue weighted by molar-refractivity contribution is -0.00613. The Hall–Kier alpha value is -1.51. The molecule has 1 aromatic rings. The van der Waals surface area contributed by atoms with E-state index in [1.54, 1.807) is 13.0 Å². The maximum atomic E-state index is 10.4. The van der Waals surface area contributed by atoms with Gasteiger partial charge in [0.1, 0.15) is 5.75 Å². The number of benzene rings is 1. The lowest BCUT2D eigenvalue weighted by atomic mass is 9.48. The Labute approximate surface area is 125 Å². The van der Waals surface area contributed by atoms with Gasteiger partial charge >= 0.3 is 0 Å². The lowest BCUT2D eigenvalue weighted by Crippen LogP contribution is -2.48. The predicted octanol–water partition coefficient (Wildman–Crippen LogP) is 4.06. The van der Waals surface area contributed by atoms with Crippen LogP contribution in [-0.4, -0.2) is 16.0 Å². The van der Waals surface area contributed by atoms with Crippen LogP contribution in [0.4, 0.5) is 0 Å². The smallest absolute Gasteiger partial charge is 0.119 e. The minimum absolute atomic E-state index is 0.171. The van der Waals surface area contributed by atoms with Crippen molar-refractivity contribution in [1.82, 2.24) is 0 Å². The fourth-order valence-corrected chi connectivity index (χ4v) is 5.68. The SMILES string of the molecule is C/C(=N\O)c1ccc(O)c(C23CC4CC(CC(C4)C2)C3)c1. The van der Waals surface area contributed by atoms with E-state index in [1.807, 2.05) is 6.07 Å². The lowest BCUT2D eigenvalue weighted by Gasteiger charge is -2.57. The first kappa shape index (κ1) is 13.2. The molecule has 112 valence electrons. The number of nitrogens with zero attached hydrogens (tertiary/aromatic N) is 1. The van der Waals surface area contributed by atoms with Crippen molar-refractivity contribution in [3.8, 4) is 5.75 Å². The summed E-state index contributed by atoms with van der Waals surface area (Å²) < 4.78 is 0. The van der Waals surface area contributed by atoms with Crippen LogP contribution in [0, 0.1) is 17.8 Å². The van der Waals surface area contributed by atoms with Crippen molar-refractivity contribution in [3.05, 3.63) is 29.3 Å². The van der Waals surface area contributed by atoms with Crippen LogP contribution in [0.5, 0.6) is 5.75 Å². The number of hydrogen-bond donors (Lipinski definition) is 2. The molecule has 4 aliphatic rings. The summed E-state index contributed by atoms with van der Waals surface area (Å²) in [5, 5.41) is 22.8. The van der Waals surface area contributed by atoms with Gasteiger partial charge in [0.15, 0.2) is 0 Å². The van der Waals surface area contributed by atoms with Crippen LogP contribution in [0.25, 0.3) is 0 Å². The highest BCUT2D eigenvalue weighted by molar-refractivity contribution is 5.98. The summed E-state index contributed by atoms with van der Waals surface area (Å²) in [6.07, 6.45) is 7.88. The molecule has 4 aliphatic carbocycles. The summed E-state index contributed by atoms with van der Waals surface area (Å²) in [5.41, 5.74) is 2.80. The molecule has 0 radical (unpaired) electrons. The number of oxime groups is 1. The van der Waals surface area contributed by atoms with Crippen molar-refractivity contribution in [2.75, 3.05) is 0 Å². The molecule has 0 atom stereocenters. The molecule has 5 rings (SSSR count). The van der Waals surface area contributed by atoms with Crippen molar-refractivity contribution in [2.24, 2.45) is 22.9 Å². The topological polar surface area (TPSA) is 52.8 Å². The third-order valence-electron chi connectivity index (χ3n) is 6.17. The van der Waals surface area contributed by atoms with Crippen molar-refractivity contribution >= 4 is 5.71 Å². The molecule has 3 heteroatoms. The van der Waals surface area contributed by atoms with Crippen molar-refractivity contribution < 1.29 is 10.3 Å². The Balaban J connectivity index is 1.79. The van der Waals surface area contributed by atoms with Gasteiger partial charge in [0.05, 0.1) is 5.71 Å². The van der Waals surface area contributed by atoms with Gasteiger partial charge in [0.2, 0.25) is 0 Å². The molecule has 0 saturated heterocycles. The highest BCUT2D eigenvalue weighted by Gasteiger charge is 2.52. The van der Waals surface area contributed by atoms with E-state index < -0.39 is 0 Å². The number of rotatable bonds is 2. The quantitative estimate of drug-likeness (QED) is 0.489. The van der Waals surface area contributed by atoms with E-state index in [4.69, 9.17) is 5.21 Å². The first-order chi connectivity index (χ1) is 10.1. The summed E-state index contributed by atoms with van der Waals surface area (Å²) in [4.78, 5) is 0. The van der Waals surface area contributed by atoms with Crippen LogP contribution in [0.2, 0.25) is 0 Å². The molecular weight excluding hydrogens is 262 g/mol. The maximum absolute atomic E-state index is 10.4. The molecule has 3 nitrogen and oxygen atoms in total. The van der Waals surface area contributed by atoms with Gasteiger partial charge in [-0.3, -0.25) is 0 Å². The van der Waals surface area contributed by atoms with Crippen LogP contribution in [-0.2, 0) is 5.41 Å². The molecule has 0 heterocycles. The van der Waals surface area contributed by atoms with Gasteiger partial charge in [-0.25, -0.2) is 0 Å². The van der Waals surface area contributed by atoms with E-state index in [0.717, 1.165) is 28.9 Å². The predicted molar refractivity (Wildman–Crippen MR) is 82.0 cm³/mol. The molecule has 21 heavy (non-hydrogen) atoms. The molecule has 4 saturated carbocycles. The molecule has 0 aliphatic heterocycles. The van der Waals surface area contributed by atoms with Crippen LogP contribution < -0.4 is 0 Å². The summed E-state index contributed by atoms with van der Waals surface area (Å²) in [7, 11) is 0. The molecule has 4 fully saturated rings. The van der Waals surface area contributed by atoms with Gasteiger partial charge in [-0.05, 0) is 92.4 Å². The van der Waals surface area contributed by atoms with Crippen molar-refractivity contribution in [1.29, 1.82) is 0 Å². The zero-order valence-corrected chi connectivity index (χ0v) is 12.5. The zero-order valence-electron chi connectivity index (χ0n) is 12.5. The maximum Gasteiger partial charge on any atom is 0.119 e. The highest BCUT2D eigenvalue weighted by Crippen LogP contribution is 2.61. The zero-order chi connectivity index (χ0) is 14.6. The van der Waals surface area contributed by atoms with E-state index in [9.17, 15) is 5.11 Å². The summed E-state index contributed by atoms with van der Waals surface area (Å²) >= 11 is 0. The van der Waals surface area contributed by atoms with Crippen LogP contribution >= 0.6 is 0 Å². The molecule has 0 amide bonds. The second-order valence-corrected chi connectivity index (χ2v) is 7.62. The molecule has 0 spiro atoms. The first-order valence-electron chi connectivity index (χ1n) is 8.12. The van der Waals surface area contributed by atoms with Gasteiger partial charge in [0, 0.05) is 5.56 Å². The van der Waals surface area contributed by atoms with Gasteiger partial charge < -0.3 is 10.3 Å². The average molecular weight is 285 g/mol. The largest absolute Gasteiger partial charge is 0.508 e. The summed E-state index contributed by atoms with van der Waals surface area (Å²) in [6.45, 7) is 1.80. The Morgan fingerprint density at radius 1 is 1.10 bits per heavy atom. The highest BCUT2D eigenvalue weighted by atomic mass is 16.4. The fraction of sp³-hybridized carbons (Fsp3) is 0.611. The first-order valence-corrected chi connectivity index (χ1v) is 8.12. The second-order valence-electron chi connectivity index (χ2n) is 7.62. The Morgan fingerprint density at radius 2 is 1.67 bits per heavy atom. The minimum atomic E-state index is 0.171. The third kappa shape index (κ3) is 1.97. The fourth-order valence-electron chi connectivity index (χ4n) is 5.68. The molecule has 1 aromatic carbocycles. The number of aromatic hydroxyl groups is 1. The molecule has 0 unspecified atom stereocenters. The van der Waals surface area contributed by atoms with Crippen molar-refractivity contribution in [2.45, 2.75) is 50.9 Å². The van der Waals surface area contributed by atoms with Gasteiger partial charge in [-0.2, -0.15) is 0 Å². The number of phenols is 1. The number of hydrogen-bond acceptors (Lipinski definition) is 3. The van der Waals surface area contributed by atoms with Crippen molar-refractivity contribution in [3.63, 3.8) is 0 Å². The Bertz CT molecular complexity index is 570. The van der Waals surface area contributed by atoms with Gasteiger partial charge in [0.25, 0.3) is 0 Å². The van der Waals surface area contributed by atoms with E-state index in [1.165, 1.54) is 38.5 Å². The minimum Gasteiger partial charge on any atom is -0.508 e. The van der Waals surface area contributed by atoms with Crippen LogP contribution in [0.15, 0.2) is 23.4 Å². The van der Waals surface area contributed by atoms with E-state index >= 15 is 0 Å². The van der Waals surface area contributed by atoms with Gasteiger partial charge in [-0.15, -0.1) is 0 Å². The Kier molecular flexibility index (Phi) is 2.82. The Morgan fingerprint density at radius 3 is 2.19 bits per heavy atom. The van der Waals surface area contributed by atoms with E-state index in [-0.39, 0.29) is 5.41 Å². The summed E-state index contributed by atoms with van der Waals surface area (Å²) in [6, 6.07) is 5.68. The molecular formula is C18H23NO2.